The summed E-state index contributed by atoms with van der Waals surface area (Å²) in [4.78, 5) is 23.6. The van der Waals surface area contributed by atoms with Crippen LogP contribution in [-0.4, -0.2) is 36.6 Å². The van der Waals surface area contributed by atoms with Gasteiger partial charge in [-0.2, -0.15) is 0 Å². The highest BCUT2D eigenvalue weighted by molar-refractivity contribution is 5.79. The Bertz CT molecular complexity index is 343. The molecule has 0 aromatic heterocycles. The zero-order valence-corrected chi connectivity index (χ0v) is 12.1. The molecular formula is C15H26N2O3. The van der Waals surface area contributed by atoms with E-state index in [0.29, 0.717) is 31.7 Å². The van der Waals surface area contributed by atoms with Gasteiger partial charge in [-0.25, -0.2) is 0 Å². The van der Waals surface area contributed by atoms with Crippen molar-refractivity contribution in [2.75, 3.05) is 19.6 Å². The number of amides is 1. The van der Waals surface area contributed by atoms with Crippen LogP contribution in [0.4, 0.5) is 0 Å². The molecule has 0 bridgehead atoms. The molecule has 5 nitrogen and oxygen atoms in total. The van der Waals surface area contributed by atoms with Crippen molar-refractivity contribution in [3.05, 3.63) is 0 Å². The number of carbonyl (C=O) groups excluding carboxylic acids is 1. The van der Waals surface area contributed by atoms with Crippen molar-refractivity contribution in [3.8, 4) is 0 Å². The molecule has 114 valence electrons. The van der Waals surface area contributed by atoms with Gasteiger partial charge in [-0.15, -0.1) is 0 Å². The quantitative estimate of drug-likeness (QED) is 0.668. The van der Waals surface area contributed by atoms with E-state index < -0.39 is 11.4 Å². The number of carboxylic acids is 1. The van der Waals surface area contributed by atoms with E-state index in [9.17, 15) is 14.7 Å². The van der Waals surface area contributed by atoms with Gasteiger partial charge in [0.1, 0.15) is 0 Å². The van der Waals surface area contributed by atoms with Crippen LogP contribution >= 0.6 is 0 Å². The Morgan fingerprint density at radius 2 is 1.90 bits per heavy atom. The lowest BCUT2D eigenvalue weighted by atomic mass is 9.80. The van der Waals surface area contributed by atoms with E-state index in [0.717, 1.165) is 45.2 Å². The average Bonchev–Trinajstić information content (AvgIpc) is 2.79. The zero-order chi connectivity index (χ0) is 14.4. The zero-order valence-electron chi connectivity index (χ0n) is 12.1. The largest absolute Gasteiger partial charge is 0.481 e. The van der Waals surface area contributed by atoms with Crippen molar-refractivity contribution in [1.82, 2.24) is 10.6 Å². The van der Waals surface area contributed by atoms with E-state index in [4.69, 9.17) is 0 Å². The summed E-state index contributed by atoms with van der Waals surface area (Å²) in [6, 6.07) is 0. The van der Waals surface area contributed by atoms with E-state index in [-0.39, 0.29) is 5.91 Å². The topological polar surface area (TPSA) is 78.4 Å². The van der Waals surface area contributed by atoms with Crippen LogP contribution in [0.15, 0.2) is 0 Å². The summed E-state index contributed by atoms with van der Waals surface area (Å²) in [5, 5.41) is 15.7. The average molecular weight is 282 g/mol. The van der Waals surface area contributed by atoms with Crippen LogP contribution in [0.1, 0.15) is 51.4 Å². The molecule has 0 spiro atoms. The monoisotopic (exact) mass is 282 g/mol. The second-order valence-corrected chi connectivity index (χ2v) is 6.34. The molecule has 1 aliphatic heterocycles. The molecule has 1 amide bonds. The molecule has 2 aliphatic rings. The predicted octanol–water partition coefficient (Wildman–Crippen LogP) is 1.53. The first-order valence-electron chi connectivity index (χ1n) is 7.83. The first-order valence-corrected chi connectivity index (χ1v) is 7.83. The lowest BCUT2D eigenvalue weighted by Gasteiger charge is -2.28. The number of hydrogen-bond donors (Lipinski definition) is 3. The molecule has 0 aromatic carbocycles. The minimum absolute atomic E-state index is 0.00331. The number of carbonyl (C=O) groups is 2. The van der Waals surface area contributed by atoms with Crippen molar-refractivity contribution in [2.24, 2.45) is 11.3 Å². The highest BCUT2D eigenvalue weighted by Gasteiger charge is 2.38. The van der Waals surface area contributed by atoms with Gasteiger partial charge in [-0.3, -0.25) is 9.59 Å². The molecule has 2 rings (SSSR count). The molecule has 1 saturated heterocycles. The van der Waals surface area contributed by atoms with Crippen LogP contribution in [0.5, 0.6) is 0 Å². The second-order valence-electron chi connectivity index (χ2n) is 6.34. The molecule has 20 heavy (non-hydrogen) atoms. The van der Waals surface area contributed by atoms with Crippen LogP contribution < -0.4 is 10.6 Å². The summed E-state index contributed by atoms with van der Waals surface area (Å²) in [5.41, 5.74) is -0.736. The number of rotatable bonds is 5. The summed E-state index contributed by atoms with van der Waals surface area (Å²) in [6.45, 7) is 2.18. The third-order valence-corrected chi connectivity index (χ3v) is 4.77. The van der Waals surface area contributed by atoms with Gasteiger partial charge in [0.25, 0.3) is 0 Å². The van der Waals surface area contributed by atoms with Crippen LogP contribution in [-0.2, 0) is 9.59 Å². The minimum Gasteiger partial charge on any atom is -0.481 e. The Labute approximate surface area is 120 Å². The molecular weight excluding hydrogens is 256 g/mol. The van der Waals surface area contributed by atoms with E-state index in [1.807, 2.05) is 0 Å². The Morgan fingerprint density at radius 1 is 1.20 bits per heavy atom. The van der Waals surface area contributed by atoms with Crippen LogP contribution in [0.3, 0.4) is 0 Å². The maximum absolute atomic E-state index is 12.0. The van der Waals surface area contributed by atoms with Gasteiger partial charge in [0.15, 0.2) is 0 Å². The van der Waals surface area contributed by atoms with E-state index in [1.54, 1.807) is 0 Å². The van der Waals surface area contributed by atoms with Crippen LogP contribution in [0.2, 0.25) is 0 Å². The number of hydrogen-bond acceptors (Lipinski definition) is 3. The van der Waals surface area contributed by atoms with Crippen LogP contribution in [0, 0.1) is 11.3 Å². The Balaban J connectivity index is 1.84. The number of nitrogens with one attached hydrogen (secondary N) is 2. The fraction of sp³-hybridized carbons (Fsp3) is 0.867. The summed E-state index contributed by atoms with van der Waals surface area (Å²) in [6.07, 6.45) is 7.05. The minimum atomic E-state index is -0.748. The molecule has 2 fully saturated rings. The number of carboxylic acid groups (broad SMARTS) is 1. The second kappa shape index (κ2) is 7.07. The molecule has 1 unspecified atom stereocenters. The molecule has 5 heteroatoms. The predicted molar refractivity (Wildman–Crippen MR) is 76.4 cm³/mol. The van der Waals surface area contributed by atoms with Gasteiger partial charge >= 0.3 is 5.97 Å². The van der Waals surface area contributed by atoms with Crippen molar-refractivity contribution in [1.29, 1.82) is 0 Å². The lowest BCUT2D eigenvalue weighted by Crippen LogP contribution is -2.43. The first kappa shape index (κ1) is 15.3. The number of aliphatic carboxylic acids is 1. The fourth-order valence-corrected chi connectivity index (χ4v) is 3.36. The van der Waals surface area contributed by atoms with Crippen molar-refractivity contribution < 1.29 is 14.7 Å². The van der Waals surface area contributed by atoms with Crippen LogP contribution in [0.25, 0.3) is 0 Å². The van der Waals surface area contributed by atoms with Crippen molar-refractivity contribution >= 4 is 11.9 Å². The molecule has 1 atom stereocenters. The standard InChI is InChI=1S/C15H26N2O3/c18-13(9-12-5-8-16-10-12)17-11-15(14(19)20)6-3-1-2-4-7-15/h12,16H,1-11H2,(H,17,18)(H,19,20). The summed E-state index contributed by atoms with van der Waals surface area (Å²) >= 11 is 0. The molecule has 1 aliphatic carbocycles. The molecule has 0 radical (unpaired) electrons. The van der Waals surface area contributed by atoms with Gasteiger partial charge in [-0.05, 0) is 38.3 Å². The normalized spacial score (nSPS) is 25.9. The maximum Gasteiger partial charge on any atom is 0.311 e. The lowest BCUT2D eigenvalue weighted by molar-refractivity contribution is -0.149. The third kappa shape index (κ3) is 3.95. The molecule has 1 saturated carbocycles. The Kier molecular flexibility index (Phi) is 5.40. The van der Waals surface area contributed by atoms with Crippen molar-refractivity contribution in [2.45, 2.75) is 51.4 Å². The maximum atomic E-state index is 12.0. The van der Waals surface area contributed by atoms with Crippen molar-refractivity contribution in [3.63, 3.8) is 0 Å². The Morgan fingerprint density at radius 3 is 2.45 bits per heavy atom. The van der Waals surface area contributed by atoms with Gasteiger partial charge in [0, 0.05) is 13.0 Å². The van der Waals surface area contributed by atoms with E-state index in [1.165, 1.54) is 0 Å². The van der Waals surface area contributed by atoms with Gasteiger partial charge in [-0.1, -0.05) is 25.7 Å². The Hall–Kier alpha value is -1.10. The highest BCUT2D eigenvalue weighted by Crippen LogP contribution is 2.34. The van der Waals surface area contributed by atoms with Gasteiger partial charge in [0.05, 0.1) is 5.41 Å². The van der Waals surface area contributed by atoms with E-state index >= 15 is 0 Å². The third-order valence-electron chi connectivity index (χ3n) is 4.77. The SMILES string of the molecule is O=C(CC1CCNC1)NCC1(C(=O)O)CCCCCC1. The summed E-state index contributed by atoms with van der Waals surface area (Å²) in [5.74, 6) is -0.337. The fourth-order valence-electron chi connectivity index (χ4n) is 3.36. The molecule has 0 aromatic rings. The molecule has 1 heterocycles. The van der Waals surface area contributed by atoms with Gasteiger partial charge < -0.3 is 15.7 Å². The summed E-state index contributed by atoms with van der Waals surface area (Å²) in [7, 11) is 0. The smallest absolute Gasteiger partial charge is 0.311 e. The van der Waals surface area contributed by atoms with E-state index in [2.05, 4.69) is 10.6 Å². The first-order chi connectivity index (χ1) is 9.62. The molecule has 3 N–H and O–H groups in total. The summed E-state index contributed by atoms with van der Waals surface area (Å²) < 4.78 is 0. The highest BCUT2D eigenvalue weighted by atomic mass is 16.4. The van der Waals surface area contributed by atoms with Gasteiger partial charge in [0.2, 0.25) is 5.91 Å².